The van der Waals surface area contributed by atoms with Gasteiger partial charge in [0, 0.05) is 36.6 Å². The molecule has 8 nitrogen and oxygen atoms in total. The molecule has 12 heteroatoms. The molecular weight excluding hydrogens is 492 g/mol. The summed E-state index contributed by atoms with van der Waals surface area (Å²) in [5, 5.41) is 6.84. The fraction of sp³-hybridized carbons (Fsp3) is 0.280. The Labute approximate surface area is 208 Å². The Kier molecular flexibility index (Phi) is 6.28. The van der Waals surface area contributed by atoms with E-state index in [0.29, 0.717) is 60.5 Å². The van der Waals surface area contributed by atoms with Crippen molar-refractivity contribution >= 4 is 22.9 Å². The molecule has 0 saturated carbocycles. The first-order chi connectivity index (χ1) is 17.6. The highest BCUT2D eigenvalue weighted by molar-refractivity contribution is 6.04. The molecule has 1 amide bonds. The molecule has 1 aliphatic rings. The molecule has 1 aliphatic heterocycles. The molecule has 5 rings (SSSR count). The van der Waals surface area contributed by atoms with Crippen LogP contribution in [0.15, 0.2) is 42.7 Å². The van der Waals surface area contributed by atoms with Gasteiger partial charge in [0.05, 0.1) is 24.6 Å². The van der Waals surface area contributed by atoms with E-state index in [1.165, 1.54) is 12.1 Å². The van der Waals surface area contributed by atoms with E-state index in [1.807, 2.05) is 6.07 Å². The number of carbonyl (C=O) groups excluding carboxylic acids is 1. The molecule has 4 heterocycles. The number of hydrogen-bond acceptors (Lipinski definition) is 6. The number of ether oxygens (including phenoxy) is 1. The smallest absolute Gasteiger partial charge is 0.378 e. The number of aromatic nitrogens is 4. The zero-order chi connectivity index (χ0) is 26.3. The fourth-order valence-electron chi connectivity index (χ4n) is 4.26. The third-order valence-electron chi connectivity index (χ3n) is 6.06. The Bertz CT molecular complexity index is 1490. The summed E-state index contributed by atoms with van der Waals surface area (Å²) in [5.74, 6) is -1.02. The van der Waals surface area contributed by atoms with Crippen LogP contribution in [0.25, 0.3) is 16.8 Å². The van der Waals surface area contributed by atoms with E-state index in [4.69, 9.17) is 4.74 Å². The second-order valence-corrected chi connectivity index (χ2v) is 8.67. The summed E-state index contributed by atoms with van der Waals surface area (Å²) >= 11 is 0. The van der Waals surface area contributed by atoms with Gasteiger partial charge in [-0.1, -0.05) is 0 Å². The number of morpholine rings is 1. The van der Waals surface area contributed by atoms with Crippen molar-refractivity contribution < 1.29 is 27.1 Å². The molecule has 1 saturated heterocycles. The molecule has 0 atom stereocenters. The van der Waals surface area contributed by atoms with E-state index in [9.17, 15) is 22.4 Å². The third-order valence-corrected chi connectivity index (χ3v) is 6.06. The Balaban J connectivity index is 1.53. The SMILES string of the molecule is Cc1nc2c(N3CCOCC3)cc(-c3cc(NC(=O)c4ccnc(C(F)(F)F)c4)c(F)cc3C)cn2n1. The van der Waals surface area contributed by atoms with Gasteiger partial charge in [-0.15, -0.1) is 0 Å². The third kappa shape index (κ3) is 4.96. The van der Waals surface area contributed by atoms with Gasteiger partial charge in [0.25, 0.3) is 5.91 Å². The zero-order valence-corrected chi connectivity index (χ0v) is 19.9. The number of alkyl halides is 3. The van der Waals surface area contributed by atoms with Crippen molar-refractivity contribution in [2.24, 2.45) is 0 Å². The van der Waals surface area contributed by atoms with Crippen LogP contribution in [0.2, 0.25) is 0 Å². The molecule has 37 heavy (non-hydrogen) atoms. The second kappa shape index (κ2) is 9.43. The molecule has 0 aliphatic carbocycles. The van der Waals surface area contributed by atoms with Crippen LogP contribution in [0, 0.1) is 19.7 Å². The zero-order valence-electron chi connectivity index (χ0n) is 19.9. The van der Waals surface area contributed by atoms with Crippen LogP contribution in [0.5, 0.6) is 0 Å². The number of anilines is 2. The maximum atomic E-state index is 14.9. The lowest BCUT2D eigenvalue weighted by Gasteiger charge is -2.29. The van der Waals surface area contributed by atoms with Crippen molar-refractivity contribution in [3.8, 4) is 11.1 Å². The van der Waals surface area contributed by atoms with Crippen molar-refractivity contribution in [3.05, 3.63) is 71.2 Å². The maximum Gasteiger partial charge on any atom is 0.433 e. The summed E-state index contributed by atoms with van der Waals surface area (Å²) in [5.41, 5.74) is 1.76. The number of aryl methyl sites for hydroxylation is 2. The molecule has 1 fully saturated rings. The topological polar surface area (TPSA) is 84.6 Å². The molecular formula is C25H22F4N6O2. The van der Waals surface area contributed by atoms with Crippen LogP contribution in [0.1, 0.15) is 27.4 Å². The lowest BCUT2D eigenvalue weighted by molar-refractivity contribution is -0.141. The molecule has 0 bridgehead atoms. The quantitative estimate of drug-likeness (QED) is 0.399. The lowest BCUT2D eigenvalue weighted by atomic mass is 10.00. The lowest BCUT2D eigenvalue weighted by Crippen LogP contribution is -2.36. The van der Waals surface area contributed by atoms with Gasteiger partial charge < -0.3 is 15.0 Å². The Morgan fingerprint density at radius 1 is 1.11 bits per heavy atom. The first-order valence-corrected chi connectivity index (χ1v) is 11.4. The summed E-state index contributed by atoms with van der Waals surface area (Å²) in [4.78, 5) is 22.6. The number of carbonyl (C=O) groups is 1. The minimum atomic E-state index is -4.71. The molecule has 3 aromatic heterocycles. The molecule has 0 unspecified atom stereocenters. The predicted octanol–water partition coefficient (Wildman–Crippen LogP) is 4.65. The maximum absolute atomic E-state index is 14.9. The van der Waals surface area contributed by atoms with Crippen LogP contribution in [-0.4, -0.2) is 51.8 Å². The van der Waals surface area contributed by atoms with Crippen LogP contribution in [0.3, 0.4) is 0 Å². The first-order valence-electron chi connectivity index (χ1n) is 11.4. The number of nitrogens with zero attached hydrogens (tertiary/aromatic N) is 5. The molecule has 4 aromatic rings. The van der Waals surface area contributed by atoms with E-state index in [1.54, 1.807) is 24.6 Å². The van der Waals surface area contributed by atoms with E-state index in [2.05, 4.69) is 25.3 Å². The fourth-order valence-corrected chi connectivity index (χ4v) is 4.26. The van der Waals surface area contributed by atoms with Crippen molar-refractivity contribution in [2.75, 3.05) is 36.5 Å². The minimum absolute atomic E-state index is 0.168. The number of amides is 1. The normalized spacial score (nSPS) is 14.3. The Hall–Kier alpha value is -4.06. The predicted molar refractivity (Wildman–Crippen MR) is 128 cm³/mol. The summed E-state index contributed by atoms with van der Waals surface area (Å²) in [6.07, 6.45) is -2.06. The number of benzene rings is 1. The van der Waals surface area contributed by atoms with Crippen molar-refractivity contribution in [3.63, 3.8) is 0 Å². The molecule has 1 N–H and O–H groups in total. The van der Waals surface area contributed by atoms with E-state index < -0.39 is 23.6 Å². The highest BCUT2D eigenvalue weighted by atomic mass is 19.4. The summed E-state index contributed by atoms with van der Waals surface area (Å²) in [7, 11) is 0. The molecule has 0 radical (unpaired) electrons. The number of fused-ring (bicyclic) bond motifs is 1. The van der Waals surface area contributed by atoms with E-state index in [0.717, 1.165) is 18.0 Å². The monoisotopic (exact) mass is 514 g/mol. The van der Waals surface area contributed by atoms with Gasteiger partial charge in [0.15, 0.2) is 5.65 Å². The van der Waals surface area contributed by atoms with Crippen molar-refractivity contribution in [2.45, 2.75) is 20.0 Å². The number of hydrogen-bond donors (Lipinski definition) is 1. The average molecular weight is 514 g/mol. The van der Waals surface area contributed by atoms with Crippen LogP contribution < -0.4 is 10.2 Å². The summed E-state index contributed by atoms with van der Waals surface area (Å²) < 4.78 is 61.0. The van der Waals surface area contributed by atoms with E-state index in [-0.39, 0.29) is 11.3 Å². The number of pyridine rings is 2. The van der Waals surface area contributed by atoms with Gasteiger partial charge in [0.1, 0.15) is 17.3 Å². The summed E-state index contributed by atoms with van der Waals surface area (Å²) in [6.45, 7) is 5.99. The van der Waals surface area contributed by atoms with Crippen molar-refractivity contribution in [1.82, 2.24) is 19.6 Å². The van der Waals surface area contributed by atoms with Gasteiger partial charge in [-0.3, -0.25) is 9.78 Å². The molecule has 1 aromatic carbocycles. The van der Waals surface area contributed by atoms with Gasteiger partial charge in [-0.2, -0.15) is 18.3 Å². The van der Waals surface area contributed by atoms with E-state index >= 15 is 0 Å². The van der Waals surface area contributed by atoms with Crippen LogP contribution in [-0.2, 0) is 10.9 Å². The van der Waals surface area contributed by atoms with Gasteiger partial charge in [0.2, 0.25) is 0 Å². The minimum Gasteiger partial charge on any atom is -0.378 e. The van der Waals surface area contributed by atoms with Gasteiger partial charge in [-0.25, -0.2) is 13.9 Å². The molecule has 0 spiro atoms. The second-order valence-electron chi connectivity index (χ2n) is 8.67. The van der Waals surface area contributed by atoms with Crippen molar-refractivity contribution in [1.29, 1.82) is 0 Å². The Morgan fingerprint density at radius 3 is 2.59 bits per heavy atom. The average Bonchev–Trinajstić information content (AvgIpc) is 3.25. The highest BCUT2D eigenvalue weighted by Gasteiger charge is 2.33. The first kappa shape index (κ1) is 24.6. The highest BCUT2D eigenvalue weighted by Crippen LogP contribution is 2.34. The van der Waals surface area contributed by atoms with Crippen LogP contribution in [0.4, 0.5) is 28.9 Å². The Morgan fingerprint density at radius 2 is 1.86 bits per heavy atom. The number of halogens is 4. The molecule has 192 valence electrons. The number of nitrogens with one attached hydrogen (secondary N) is 1. The standard InChI is InChI=1S/C25H22F4N6O2/c1-14-9-19(26)20(32-24(36)16-3-4-30-22(11-16)25(27,28)29)12-18(14)17-10-21(34-5-7-37-8-6-34)23-31-15(2)33-35(23)13-17/h3-4,9-13H,5-8H2,1-2H3,(H,32,36). The van der Waals surface area contributed by atoms with Gasteiger partial charge >= 0.3 is 6.18 Å². The summed E-state index contributed by atoms with van der Waals surface area (Å²) in [6, 6.07) is 6.41. The van der Waals surface area contributed by atoms with Gasteiger partial charge in [-0.05, 0) is 55.3 Å². The largest absolute Gasteiger partial charge is 0.433 e. The van der Waals surface area contributed by atoms with Crippen LogP contribution >= 0.6 is 0 Å². The number of rotatable bonds is 4.